The van der Waals surface area contributed by atoms with E-state index in [0.717, 1.165) is 0 Å². The summed E-state index contributed by atoms with van der Waals surface area (Å²) in [5, 5.41) is 23.5. The molecule has 0 rings (SSSR count). The maximum absolute atomic E-state index is 8.47. The smallest absolute Gasteiger partial charge is 0.175 e. The zero-order chi connectivity index (χ0) is 8.69. The summed E-state index contributed by atoms with van der Waals surface area (Å²) in [5.74, 6) is 0.0148. The number of aliphatic hydroxyl groups is 2. The topological polar surface area (TPSA) is 104 Å². The second-order valence-corrected chi connectivity index (χ2v) is 1.58. The molecular weight excluding hydrogens is 148 g/mol. The molecule has 0 aliphatic rings. The molecule has 0 saturated carbocycles. The lowest BCUT2D eigenvalue weighted by Gasteiger charge is -1.91. The van der Waals surface area contributed by atoms with Gasteiger partial charge in [-0.15, -0.1) is 10.2 Å². The molecule has 0 atom stereocenters. The number of hydrogen-bond donors (Lipinski definition) is 3. The Bertz CT molecular complexity index is 187. The van der Waals surface area contributed by atoms with Crippen molar-refractivity contribution in [1.29, 1.82) is 0 Å². The summed E-state index contributed by atoms with van der Waals surface area (Å²) in [5.41, 5.74) is 5.08. The van der Waals surface area contributed by atoms with E-state index in [4.69, 9.17) is 15.9 Å². The quantitative estimate of drug-likeness (QED) is 0.260. The highest BCUT2D eigenvalue weighted by Crippen LogP contribution is 1.80. The second-order valence-electron chi connectivity index (χ2n) is 1.58. The van der Waals surface area contributed by atoms with Crippen molar-refractivity contribution in [3.05, 3.63) is 0 Å². The van der Waals surface area contributed by atoms with Gasteiger partial charge in [-0.3, -0.25) is 0 Å². The van der Waals surface area contributed by atoms with E-state index in [1.807, 2.05) is 0 Å². The van der Waals surface area contributed by atoms with Gasteiger partial charge in [-0.05, 0) is 6.72 Å². The van der Waals surface area contributed by atoms with Crippen LogP contribution in [0.3, 0.4) is 0 Å². The molecule has 0 radical (unpaired) electrons. The van der Waals surface area contributed by atoms with Crippen molar-refractivity contribution < 1.29 is 10.2 Å². The average Bonchev–Trinajstić information content (AvgIpc) is 2.06. The van der Waals surface area contributed by atoms with Crippen molar-refractivity contribution in [2.75, 3.05) is 13.2 Å². The van der Waals surface area contributed by atoms with Gasteiger partial charge in [0.25, 0.3) is 0 Å². The van der Waals surface area contributed by atoms with Crippen LogP contribution in [0.25, 0.3) is 0 Å². The maximum atomic E-state index is 8.47. The lowest BCUT2D eigenvalue weighted by atomic mass is 10.6. The summed E-state index contributed by atoms with van der Waals surface area (Å²) >= 11 is 0. The Labute approximate surface area is 63.8 Å². The van der Waals surface area contributed by atoms with Crippen LogP contribution in [0.2, 0.25) is 0 Å². The zero-order valence-corrected chi connectivity index (χ0v) is 5.93. The molecule has 0 unspecified atom stereocenters. The molecule has 0 bridgehead atoms. The number of rotatable bonds is 3. The van der Waals surface area contributed by atoms with Gasteiger partial charge in [0.2, 0.25) is 0 Å². The fourth-order valence-electron chi connectivity index (χ4n) is 0.267. The van der Waals surface area contributed by atoms with Crippen LogP contribution in [0.4, 0.5) is 0 Å². The lowest BCUT2D eigenvalue weighted by Crippen LogP contribution is -2.15. The molecule has 0 fully saturated rings. The van der Waals surface area contributed by atoms with Gasteiger partial charge in [0.05, 0.1) is 0 Å². The first kappa shape index (κ1) is 9.73. The Hall–Kier alpha value is -1.27. The molecule has 0 aromatic carbocycles. The minimum atomic E-state index is -0.376. The van der Waals surface area contributed by atoms with Crippen molar-refractivity contribution in [3.63, 3.8) is 0 Å². The Morgan fingerprint density at radius 2 is 1.91 bits per heavy atom. The summed E-state index contributed by atoms with van der Waals surface area (Å²) in [6.45, 7) is 2.39. The third-order valence-corrected chi connectivity index (χ3v) is 0.780. The van der Waals surface area contributed by atoms with E-state index in [1.165, 1.54) is 0 Å². The summed E-state index contributed by atoms with van der Waals surface area (Å²) < 4.78 is 0. The first-order valence-corrected chi connectivity index (χ1v) is 2.82. The first-order valence-electron chi connectivity index (χ1n) is 2.82. The summed E-state index contributed by atoms with van der Waals surface area (Å²) in [7, 11) is 0. The van der Waals surface area contributed by atoms with E-state index < -0.39 is 0 Å². The fraction of sp³-hybridized carbons (Fsp3) is 0.400. The molecule has 0 aliphatic carbocycles. The molecular formula is C5H10N4O2. The minimum absolute atomic E-state index is 0.0420. The molecule has 0 heterocycles. The maximum Gasteiger partial charge on any atom is 0.175 e. The number of nitrogens with two attached hydrogens (primary N) is 1. The van der Waals surface area contributed by atoms with Crippen LogP contribution in [-0.4, -0.2) is 41.8 Å². The van der Waals surface area contributed by atoms with Gasteiger partial charge in [0.1, 0.15) is 19.0 Å². The van der Waals surface area contributed by atoms with Gasteiger partial charge < -0.3 is 15.9 Å². The molecule has 4 N–H and O–H groups in total. The standard InChI is InChI=1S/C5H10N4O2/c1-7-5(3-11)9-8-4(6)2-10/h10-11H,1-3H2,(H2,6,8)/b9-5-. The van der Waals surface area contributed by atoms with Crippen molar-refractivity contribution in [2.45, 2.75) is 0 Å². The molecule has 0 spiro atoms. The Morgan fingerprint density at radius 1 is 1.27 bits per heavy atom. The van der Waals surface area contributed by atoms with Crippen LogP contribution in [-0.2, 0) is 0 Å². The van der Waals surface area contributed by atoms with Gasteiger partial charge in [0, 0.05) is 0 Å². The second kappa shape index (κ2) is 5.51. The van der Waals surface area contributed by atoms with E-state index in [0.29, 0.717) is 0 Å². The molecule has 6 nitrogen and oxygen atoms in total. The van der Waals surface area contributed by atoms with E-state index >= 15 is 0 Å². The molecule has 0 saturated heterocycles. The zero-order valence-electron chi connectivity index (χ0n) is 5.93. The van der Waals surface area contributed by atoms with Crippen LogP contribution >= 0.6 is 0 Å². The highest BCUT2D eigenvalue weighted by Gasteiger charge is 1.90. The molecule has 0 aromatic rings. The number of amidine groups is 2. The Balaban J connectivity index is 4.17. The number of aliphatic imine (C=N–C) groups is 1. The van der Waals surface area contributed by atoms with Gasteiger partial charge in [0.15, 0.2) is 5.84 Å². The van der Waals surface area contributed by atoms with Crippen LogP contribution in [0.1, 0.15) is 0 Å². The SMILES string of the molecule is C=N/C(CO)=N\N=C(/N)CO. The minimum Gasteiger partial charge on any atom is -0.388 e. The van der Waals surface area contributed by atoms with Crippen LogP contribution in [0.5, 0.6) is 0 Å². The summed E-state index contributed by atoms with van der Waals surface area (Å²) in [4.78, 5) is 3.32. The number of aliphatic hydroxyl groups excluding tert-OH is 2. The predicted molar refractivity (Wildman–Crippen MR) is 42.8 cm³/mol. The molecule has 0 aliphatic heterocycles. The van der Waals surface area contributed by atoms with Crippen LogP contribution < -0.4 is 5.73 Å². The Morgan fingerprint density at radius 3 is 2.27 bits per heavy atom. The number of nitrogens with zero attached hydrogens (tertiary/aromatic N) is 3. The van der Waals surface area contributed by atoms with Crippen molar-refractivity contribution >= 4 is 18.4 Å². The van der Waals surface area contributed by atoms with E-state index in [9.17, 15) is 0 Å². The predicted octanol–water partition coefficient (Wildman–Crippen LogP) is -1.66. The van der Waals surface area contributed by atoms with Crippen LogP contribution in [0.15, 0.2) is 15.2 Å². The normalized spacial score (nSPS) is 13.3. The molecule has 62 valence electrons. The fourth-order valence-corrected chi connectivity index (χ4v) is 0.267. The van der Waals surface area contributed by atoms with Crippen molar-refractivity contribution in [2.24, 2.45) is 20.9 Å². The third-order valence-electron chi connectivity index (χ3n) is 0.780. The van der Waals surface area contributed by atoms with Gasteiger partial charge >= 0.3 is 0 Å². The molecule has 6 heteroatoms. The third kappa shape index (κ3) is 4.18. The lowest BCUT2D eigenvalue weighted by molar-refractivity contribution is 0.354. The van der Waals surface area contributed by atoms with Gasteiger partial charge in [-0.2, -0.15) is 0 Å². The van der Waals surface area contributed by atoms with E-state index in [1.54, 1.807) is 0 Å². The molecule has 11 heavy (non-hydrogen) atoms. The van der Waals surface area contributed by atoms with Crippen molar-refractivity contribution in [3.8, 4) is 0 Å². The largest absolute Gasteiger partial charge is 0.388 e. The van der Waals surface area contributed by atoms with Gasteiger partial charge in [-0.1, -0.05) is 0 Å². The average molecular weight is 158 g/mol. The van der Waals surface area contributed by atoms with Crippen molar-refractivity contribution in [1.82, 2.24) is 0 Å². The summed E-state index contributed by atoms with van der Waals surface area (Å²) in [6, 6.07) is 0. The monoisotopic (exact) mass is 158 g/mol. The van der Waals surface area contributed by atoms with Crippen LogP contribution in [0, 0.1) is 0 Å². The summed E-state index contributed by atoms with van der Waals surface area (Å²) in [6.07, 6.45) is 0. The first-order chi connectivity index (χ1) is 5.24. The highest BCUT2D eigenvalue weighted by atomic mass is 16.3. The van der Waals surface area contributed by atoms with E-state index in [2.05, 4.69) is 21.9 Å². The highest BCUT2D eigenvalue weighted by molar-refractivity contribution is 5.88. The molecule has 0 aromatic heterocycles. The van der Waals surface area contributed by atoms with E-state index in [-0.39, 0.29) is 24.9 Å². The van der Waals surface area contributed by atoms with Gasteiger partial charge in [-0.25, -0.2) is 4.99 Å². The number of hydrogen-bond acceptors (Lipinski definition) is 4. The Kier molecular flexibility index (Phi) is 4.87. The molecule has 0 amide bonds.